The molecule has 1 aromatic carbocycles. The van der Waals surface area contributed by atoms with Crippen LogP contribution in [0.25, 0.3) is 0 Å². The lowest BCUT2D eigenvalue weighted by molar-refractivity contribution is -0.143. The van der Waals surface area contributed by atoms with E-state index in [1.807, 2.05) is 0 Å². The number of hydrogen-bond donors (Lipinski definition) is 3. The van der Waals surface area contributed by atoms with E-state index < -0.39 is 17.9 Å². The molecule has 0 spiro atoms. The first kappa shape index (κ1) is 14.8. The van der Waals surface area contributed by atoms with Gasteiger partial charge in [-0.1, -0.05) is 13.8 Å². The molecule has 0 saturated heterocycles. The van der Waals surface area contributed by atoms with Gasteiger partial charge in [0.25, 0.3) is 5.91 Å². The van der Waals surface area contributed by atoms with E-state index in [9.17, 15) is 9.59 Å². The molecule has 0 aromatic heterocycles. The Hall–Kier alpha value is -2.24. The number of carbonyl (C=O) groups is 2. The first-order valence-electron chi connectivity index (χ1n) is 5.84. The van der Waals surface area contributed by atoms with Crippen LogP contribution in [0.4, 0.5) is 0 Å². The minimum Gasteiger partial charge on any atom is -0.508 e. The molecular formula is C13H17NO5. The minimum atomic E-state index is -1.08. The van der Waals surface area contributed by atoms with Gasteiger partial charge in [0, 0.05) is 0 Å². The van der Waals surface area contributed by atoms with Crippen LogP contribution in [0.5, 0.6) is 11.5 Å². The van der Waals surface area contributed by atoms with Gasteiger partial charge in [0.1, 0.15) is 17.5 Å². The second kappa shape index (κ2) is 6.63. The topological polar surface area (TPSA) is 95.9 Å². The fourth-order valence-corrected chi connectivity index (χ4v) is 1.42. The first-order chi connectivity index (χ1) is 8.90. The molecule has 1 amide bonds. The highest BCUT2D eigenvalue weighted by Gasteiger charge is 2.23. The van der Waals surface area contributed by atoms with Crippen molar-refractivity contribution in [3.63, 3.8) is 0 Å². The van der Waals surface area contributed by atoms with Crippen LogP contribution in [0.2, 0.25) is 0 Å². The third-order valence-corrected chi connectivity index (χ3v) is 2.46. The van der Waals surface area contributed by atoms with Crippen LogP contribution in [-0.2, 0) is 9.59 Å². The lowest BCUT2D eigenvalue weighted by Crippen LogP contribution is -2.46. The molecule has 0 unspecified atom stereocenters. The molecular weight excluding hydrogens is 250 g/mol. The van der Waals surface area contributed by atoms with Gasteiger partial charge in [0.15, 0.2) is 6.61 Å². The van der Waals surface area contributed by atoms with Gasteiger partial charge in [-0.05, 0) is 30.2 Å². The number of phenolic OH excluding ortho intramolecular Hbond substituents is 1. The zero-order valence-electron chi connectivity index (χ0n) is 10.8. The molecule has 0 aliphatic carbocycles. The van der Waals surface area contributed by atoms with Gasteiger partial charge in [0.2, 0.25) is 0 Å². The number of hydrogen-bond acceptors (Lipinski definition) is 4. The van der Waals surface area contributed by atoms with Crippen molar-refractivity contribution in [1.82, 2.24) is 5.32 Å². The number of aliphatic carboxylic acids is 1. The minimum absolute atomic E-state index is 0.0996. The van der Waals surface area contributed by atoms with E-state index in [0.717, 1.165) is 0 Å². The zero-order valence-corrected chi connectivity index (χ0v) is 10.8. The van der Waals surface area contributed by atoms with Crippen molar-refractivity contribution in [3.05, 3.63) is 24.3 Å². The summed E-state index contributed by atoms with van der Waals surface area (Å²) < 4.78 is 5.17. The standard InChI is InChI=1S/C13H17NO5/c1-8(2)12(13(17)18)14-11(16)7-19-10-5-3-9(15)4-6-10/h3-6,8,12,15H,7H2,1-2H3,(H,14,16)(H,17,18)/t12-/m1/s1. The number of phenols is 1. The molecule has 0 aliphatic heterocycles. The quantitative estimate of drug-likeness (QED) is 0.714. The highest BCUT2D eigenvalue weighted by Crippen LogP contribution is 2.15. The summed E-state index contributed by atoms with van der Waals surface area (Å²) in [5.41, 5.74) is 0. The third-order valence-electron chi connectivity index (χ3n) is 2.46. The molecule has 0 fully saturated rings. The van der Waals surface area contributed by atoms with Crippen molar-refractivity contribution in [1.29, 1.82) is 0 Å². The van der Waals surface area contributed by atoms with Crippen LogP contribution >= 0.6 is 0 Å². The summed E-state index contributed by atoms with van der Waals surface area (Å²) in [7, 11) is 0. The summed E-state index contributed by atoms with van der Waals surface area (Å²) in [6.07, 6.45) is 0. The summed E-state index contributed by atoms with van der Waals surface area (Å²) in [6.45, 7) is 3.14. The van der Waals surface area contributed by atoms with E-state index in [4.69, 9.17) is 14.9 Å². The van der Waals surface area contributed by atoms with Crippen LogP contribution in [0.1, 0.15) is 13.8 Å². The van der Waals surface area contributed by atoms with Crippen LogP contribution in [0.3, 0.4) is 0 Å². The number of carboxylic acid groups (broad SMARTS) is 1. The van der Waals surface area contributed by atoms with Gasteiger partial charge in [-0.15, -0.1) is 0 Å². The number of amides is 1. The van der Waals surface area contributed by atoms with E-state index in [1.54, 1.807) is 13.8 Å². The van der Waals surface area contributed by atoms with E-state index in [0.29, 0.717) is 5.75 Å². The zero-order chi connectivity index (χ0) is 14.4. The smallest absolute Gasteiger partial charge is 0.326 e. The molecule has 6 nitrogen and oxygen atoms in total. The highest BCUT2D eigenvalue weighted by molar-refractivity contribution is 5.84. The fourth-order valence-electron chi connectivity index (χ4n) is 1.42. The normalized spacial score (nSPS) is 11.9. The largest absolute Gasteiger partial charge is 0.508 e. The molecule has 0 aliphatic rings. The fraction of sp³-hybridized carbons (Fsp3) is 0.385. The third kappa shape index (κ3) is 4.87. The van der Waals surface area contributed by atoms with Crippen molar-refractivity contribution in [3.8, 4) is 11.5 Å². The molecule has 1 aromatic rings. The molecule has 1 rings (SSSR count). The van der Waals surface area contributed by atoms with Gasteiger partial charge >= 0.3 is 5.97 Å². The molecule has 1 atom stereocenters. The average Bonchev–Trinajstić information content (AvgIpc) is 2.34. The Balaban J connectivity index is 2.47. The predicted octanol–water partition coefficient (Wildman–Crippen LogP) is 0.996. The number of aromatic hydroxyl groups is 1. The Labute approximate surface area is 111 Å². The maximum absolute atomic E-state index is 11.6. The van der Waals surface area contributed by atoms with Gasteiger partial charge in [0.05, 0.1) is 0 Å². The van der Waals surface area contributed by atoms with Crippen molar-refractivity contribution < 1.29 is 24.5 Å². The van der Waals surface area contributed by atoms with E-state index in [2.05, 4.69) is 5.32 Å². The summed E-state index contributed by atoms with van der Waals surface area (Å²) >= 11 is 0. The summed E-state index contributed by atoms with van der Waals surface area (Å²) in [5.74, 6) is -1.27. The van der Waals surface area contributed by atoms with Gasteiger partial charge < -0.3 is 20.3 Å². The second-order valence-corrected chi connectivity index (χ2v) is 4.41. The monoisotopic (exact) mass is 267 g/mol. The van der Waals surface area contributed by atoms with Crippen LogP contribution in [0, 0.1) is 5.92 Å². The first-order valence-corrected chi connectivity index (χ1v) is 5.84. The van der Waals surface area contributed by atoms with Crippen molar-refractivity contribution >= 4 is 11.9 Å². The number of ether oxygens (including phenoxy) is 1. The number of carboxylic acids is 1. The molecule has 3 N–H and O–H groups in total. The maximum atomic E-state index is 11.6. The van der Waals surface area contributed by atoms with Crippen molar-refractivity contribution in [2.45, 2.75) is 19.9 Å². The van der Waals surface area contributed by atoms with Gasteiger partial charge in [-0.25, -0.2) is 4.79 Å². The molecule has 0 radical (unpaired) electrons. The number of carbonyl (C=O) groups excluding carboxylic acids is 1. The van der Waals surface area contributed by atoms with E-state index in [1.165, 1.54) is 24.3 Å². The Morgan fingerprint density at radius 2 is 1.84 bits per heavy atom. The maximum Gasteiger partial charge on any atom is 0.326 e. The molecule has 6 heteroatoms. The Kier molecular flexibility index (Phi) is 5.17. The second-order valence-electron chi connectivity index (χ2n) is 4.41. The summed E-state index contributed by atoms with van der Waals surface area (Å²) in [6, 6.07) is 4.96. The molecule has 19 heavy (non-hydrogen) atoms. The number of benzene rings is 1. The highest BCUT2D eigenvalue weighted by atomic mass is 16.5. The van der Waals surface area contributed by atoms with Crippen LogP contribution in [-0.4, -0.2) is 34.7 Å². The molecule has 0 heterocycles. The average molecular weight is 267 g/mol. The van der Waals surface area contributed by atoms with Gasteiger partial charge in [-0.2, -0.15) is 0 Å². The Bertz CT molecular complexity index is 441. The Morgan fingerprint density at radius 1 is 1.26 bits per heavy atom. The lowest BCUT2D eigenvalue weighted by atomic mass is 10.1. The summed E-state index contributed by atoms with van der Waals surface area (Å²) in [5, 5.41) is 20.4. The van der Waals surface area contributed by atoms with E-state index in [-0.39, 0.29) is 18.3 Å². The SMILES string of the molecule is CC(C)[C@@H](NC(=O)COc1ccc(O)cc1)C(=O)O. The Morgan fingerprint density at radius 3 is 2.32 bits per heavy atom. The van der Waals surface area contributed by atoms with Crippen molar-refractivity contribution in [2.75, 3.05) is 6.61 Å². The molecule has 0 bridgehead atoms. The molecule has 104 valence electrons. The van der Waals surface area contributed by atoms with Crippen LogP contribution < -0.4 is 10.1 Å². The van der Waals surface area contributed by atoms with Crippen LogP contribution in [0.15, 0.2) is 24.3 Å². The number of nitrogens with one attached hydrogen (secondary N) is 1. The van der Waals surface area contributed by atoms with Crippen molar-refractivity contribution in [2.24, 2.45) is 5.92 Å². The molecule has 0 saturated carbocycles. The van der Waals surface area contributed by atoms with E-state index >= 15 is 0 Å². The summed E-state index contributed by atoms with van der Waals surface area (Å²) in [4.78, 5) is 22.5. The lowest BCUT2D eigenvalue weighted by Gasteiger charge is -2.17. The predicted molar refractivity (Wildman–Crippen MR) is 68.0 cm³/mol. The number of rotatable bonds is 6. The van der Waals surface area contributed by atoms with Gasteiger partial charge in [-0.3, -0.25) is 4.79 Å².